The quantitative estimate of drug-likeness (QED) is 0.279. The molecule has 1 unspecified atom stereocenters. The summed E-state index contributed by atoms with van der Waals surface area (Å²) in [6.45, 7) is 5.66. The van der Waals surface area contributed by atoms with Gasteiger partial charge in [0.15, 0.2) is 11.6 Å². The average Bonchev–Trinajstić information content (AvgIpc) is 3.22. The molecular formula is C29H30N2O5S. The van der Waals surface area contributed by atoms with E-state index in [1.54, 1.807) is 50.2 Å². The second-order valence-electron chi connectivity index (χ2n) is 9.00. The van der Waals surface area contributed by atoms with Gasteiger partial charge in [0.05, 0.1) is 25.2 Å². The van der Waals surface area contributed by atoms with Crippen molar-refractivity contribution in [2.45, 2.75) is 45.8 Å². The van der Waals surface area contributed by atoms with Crippen LogP contribution in [0.4, 0.5) is 5.00 Å². The number of rotatable bonds is 10. The molecule has 0 radical (unpaired) electrons. The minimum atomic E-state index is -0.739. The van der Waals surface area contributed by atoms with Gasteiger partial charge in [0.25, 0.3) is 0 Å². The van der Waals surface area contributed by atoms with Crippen LogP contribution in [0.5, 0.6) is 0 Å². The number of carbonyl (C=O) groups is 3. The average molecular weight is 519 g/mol. The Balaban J connectivity index is 1.80. The number of fused-ring (bicyclic) bond motifs is 1. The molecule has 1 N–H and O–H groups in total. The standard InChI is InChI=1S/C29H30N2O5S/c1-4-36-29(35)27-19(3)26-22(15-23(33)20-11-7-5-8-12-20)31(17-18(2)32)25(30-28(26)37-27)16-24(34)21-13-9-6-10-14-21/h5-14,18,22,32H,4,15-17H2,1-3H3/t18-,22?/m0/s1. The summed E-state index contributed by atoms with van der Waals surface area (Å²) in [5, 5.41) is 11.0. The van der Waals surface area contributed by atoms with E-state index in [0.717, 1.165) is 5.56 Å². The number of Topliss-reactive ketones (excluding diaryl/α,β-unsaturated/α-hetero) is 2. The van der Waals surface area contributed by atoms with Gasteiger partial charge in [-0.25, -0.2) is 9.79 Å². The Morgan fingerprint density at radius 2 is 1.62 bits per heavy atom. The predicted molar refractivity (Wildman–Crippen MR) is 144 cm³/mol. The first-order valence-corrected chi connectivity index (χ1v) is 13.1. The summed E-state index contributed by atoms with van der Waals surface area (Å²) in [6, 6.07) is 17.5. The molecule has 192 valence electrons. The van der Waals surface area contributed by atoms with E-state index in [1.807, 2.05) is 36.1 Å². The molecule has 1 aliphatic heterocycles. The molecule has 0 bridgehead atoms. The van der Waals surface area contributed by atoms with E-state index in [2.05, 4.69) is 0 Å². The smallest absolute Gasteiger partial charge is 0.348 e. The van der Waals surface area contributed by atoms with E-state index in [0.29, 0.717) is 32.4 Å². The van der Waals surface area contributed by atoms with Crippen LogP contribution in [-0.4, -0.2) is 52.6 Å². The summed E-state index contributed by atoms with van der Waals surface area (Å²) >= 11 is 1.21. The zero-order chi connectivity index (χ0) is 26.5. The number of amidine groups is 1. The second-order valence-corrected chi connectivity index (χ2v) is 10.00. The van der Waals surface area contributed by atoms with Gasteiger partial charge in [0, 0.05) is 29.7 Å². The van der Waals surface area contributed by atoms with Crippen molar-refractivity contribution >= 4 is 39.7 Å². The van der Waals surface area contributed by atoms with Gasteiger partial charge in [0.2, 0.25) is 0 Å². The number of hydrogen-bond acceptors (Lipinski definition) is 8. The number of ether oxygens (including phenoxy) is 1. The molecule has 7 nitrogen and oxygen atoms in total. The number of benzene rings is 2. The van der Waals surface area contributed by atoms with Crippen LogP contribution in [0.15, 0.2) is 65.7 Å². The zero-order valence-electron chi connectivity index (χ0n) is 21.1. The van der Waals surface area contributed by atoms with Crippen LogP contribution in [-0.2, 0) is 4.74 Å². The number of hydrogen-bond donors (Lipinski definition) is 1. The molecule has 37 heavy (non-hydrogen) atoms. The highest BCUT2D eigenvalue weighted by molar-refractivity contribution is 7.18. The summed E-state index contributed by atoms with van der Waals surface area (Å²) < 4.78 is 5.26. The number of aliphatic hydroxyl groups excluding tert-OH is 1. The largest absolute Gasteiger partial charge is 0.462 e. The highest BCUT2D eigenvalue weighted by atomic mass is 32.1. The SMILES string of the molecule is CCOC(=O)c1sc2c(c1C)C(CC(=O)c1ccccc1)N(C[C@H](C)O)C(CC(=O)c1ccccc1)=N2. The fraction of sp³-hybridized carbons (Fsp3) is 0.310. The molecule has 0 saturated heterocycles. The Kier molecular flexibility index (Phi) is 8.31. The lowest BCUT2D eigenvalue weighted by molar-refractivity contribution is 0.0531. The lowest BCUT2D eigenvalue weighted by Crippen LogP contribution is -2.43. The molecule has 1 aromatic heterocycles. The van der Waals surface area contributed by atoms with Crippen LogP contribution >= 0.6 is 11.3 Å². The summed E-state index contributed by atoms with van der Waals surface area (Å²) in [7, 11) is 0. The summed E-state index contributed by atoms with van der Waals surface area (Å²) in [6.07, 6.45) is -0.642. The van der Waals surface area contributed by atoms with Crippen LogP contribution in [0.2, 0.25) is 0 Å². The molecule has 0 amide bonds. The van der Waals surface area contributed by atoms with Gasteiger partial charge in [-0.3, -0.25) is 9.59 Å². The number of β-amino-alcohol motifs (C(OH)–C–C–N with tert-alkyl or cyclic N) is 1. The van der Waals surface area contributed by atoms with Gasteiger partial charge < -0.3 is 14.7 Å². The third-order valence-electron chi connectivity index (χ3n) is 6.26. The predicted octanol–water partition coefficient (Wildman–Crippen LogP) is 5.55. The van der Waals surface area contributed by atoms with Crippen LogP contribution < -0.4 is 0 Å². The number of aliphatic imine (C=N–C) groups is 1. The fourth-order valence-electron chi connectivity index (χ4n) is 4.55. The van der Waals surface area contributed by atoms with Gasteiger partial charge >= 0.3 is 5.97 Å². The van der Waals surface area contributed by atoms with Crippen LogP contribution in [0.3, 0.4) is 0 Å². The monoisotopic (exact) mass is 518 g/mol. The Hall–Kier alpha value is -3.62. The third-order valence-corrected chi connectivity index (χ3v) is 7.44. The number of carbonyl (C=O) groups excluding carboxylic acids is 3. The van der Waals surface area contributed by atoms with Crippen LogP contribution in [0.1, 0.15) is 74.2 Å². The van der Waals surface area contributed by atoms with Gasteiger partial charge in [-0.15, -0.1) is 11.3 Å². The normalized spacial score (nSPS) is 15.5. The fourth-order valence-corrected chi connectivity index (χ4v) is 5.70. The Labute approximate surface area is 220 Å². The number of nitrogens with zero attached hydrogens (tertiary/aromatic N) is 2. The lowest BCUT2D eigenvalue weighted by atomic mass is 9.92. The van der Waals surface area contributed by atoms with E-state index >= 15 is 0 Å². The summed E-state index contributed by atoms with van der Waals surface area (Å²) in [5.74, 6) is -0.173. The molecule has 0 aliphatic carbocycles. The van der Waals surface area contributed by atoms with Crippen molar-refractivity contribution in [3.05, 3.63) is 87.8 Å². The minimum Gasteiger partial charge on any atom is -0.462 e. The summed E-state index contributed by atoms with van der Waals surface area (Å²) in [5.41, 5.74) is 2.59. The topological polar surface area (TPSA) is 96.3 Å². The summed E-state index contributed by atoms with van der Waals surface area (Å²) in [4.78, 5) is 46.3. The van der Waals surface area contributed by atoms with Crippen molar-refractivity contribution in [1.29, 1.82) is 0 Å². The Morgan fingerprint density at radius 1 is 1.03 bits per heavy atom. The molecule has 2 heterocycles. The van der Waals surface area contributed by atoms with Crippen molar-refractivity contribution in [3.8, 4) is 0 Å². The number of esters is 1. The Morgan fingerprint density at radius 3 is 2.19 bits per heavy atom. The lowest BCUT2D eigenvalue weighted by Gasteiger charge is -2.38. The van der Waals surface area contributed by atoms with Gasteiger partial charge in [-0.1, -0.05) is 60.7 Å². The van der Waals surface area contributed by atoms with E-state index in [1.165, 1.54) is 11.3 Å². The van der Waals surface area contributed by atoms with Crippen LogP contribution in [0, 0.1) is 6.92 Å². The first-order valence-electron chi connectivity index (χ1n) is 12.3. The second kappa shape index (κ2) is 11.6. The molecule has 0 fully saturated rings. The molecule has 4 rings (SSSR count). The number of thiophene rings is 1. The molecule has 2 atom stereocenters. The van der Waals surface area contributed by atoms with Crippen molar-refractivity contribution in [1.82, 2.24) is 4.90 Å². The zero-order valence-corrected chi connectivity index (χ0v) is 22.0. The van der Waals surface area contributed by atoms with E-state index in [4.69, 9.17) is 9.73 Å². The van der Waals surface area contributed by atoms with Gasteiger partial charge in [-0.2, -0.15) is 0 Å². The van der Waals surface area contributed by atoms with Crippen molar-refractivity contribution < 1.29 is 24.2 Å². The minimum absolute atomic E-state index is 0.00210. The van der Waals surface area contributed by atoms with Crippen molar-refractivity contribution in [2.75, 3.05) is 13.2 Å². The van der Waals surface area contributed by atoms with Crippen LogP contribution in [0.25, 0.3) is 0 Å². The molecule has 0 saturated carbocycles. The van der Waals surface area contributed by atoms with E-state index < -0.39 is 18.1 Å². The molecule has 0 spiro atoms. The highest BCUT2D eigenvalue weighted by Crippen LogP contribution is 2.46. The molecule has 8 heteroatoms. The molecule has 3 aromatic rings. The van der Waals surface area contributed by atoms with Gasteiger partial charge in [0.1, 0.15) is 15.7 Å². The first-order chi connectivity index (χ1) is 17.8. The number of aliphatic hydroxyl groups is 1. The Bertz CT molecular complexity index is 1310. The molecule has 2 aromatic carbocycles. The first kappa shape index (κ1) is 26.4. The molecule has 1 aliphatic rings. The number of ketones is 2. The maximum atomic E-state index is 13.4. The van der Waals surface area contributed by atoms with Gasteiger partial charge in [-0.05, 0) is 26.3 Å². The van der Waals surface area contributed by atoms with E-state index in [-0.39, 0.29) is 37.6 Å². The third kappa shape index (κ3) is 5.87. The van der Waals surface area contributed by atoms with Crippen molar-refractivity contribution in [3.63, 3.8) is 0 Å². The molecular weight excluding hydrogens is 488 g/mol. The van der Waals surface area contributed by atoms with Crippen molar-refractivity contribution in [2.24, 2.45) is 4.99 Å². The maximum Gasteiger partial charge on any atom is 0.348 e. The maximum absolute atomic E-state index is 13.4. The highest BCUT2D eigenvalue weighted by Gasteiger charge is 2.37. The van der Waals surface area contributed by atoms with E-state index in [9.17, 15) is 19.5 Å².